The molecule has 0 atom stereocenters. The third-order valence-electron chi connectivity index (χ3n) is 7.74. The van der Waals surface area contributed by atoms with Gasteiger partial charge in [-0.2, -0.15) is 13.2 Å². The van der Waals surface area contributed by atoms with Gasteiger partial charge >= 0.3 is 12.1 Å². The van der Waals surface area contributed by atoms with E-state index in [1.165, 1.54) is 0 Å². The van der Waals surface area contributed by atoms with Crippen LogP contribution in [-0.2, 0) is 16.1 Å². The standard InChI is InChI=1S/C33H37N5O5.C2HF3O2/c34-17-3-1-2-4-18-35-31(40)23-9-12-26(13-10-23)36-32(41)24-7-5-22(6-8-24)20-38(27-14-15-27)33(42)25-11-16-28-29(19-25)43-21-30(39)37-28;3-2(4,5)1(6)7/h5-13,16,19,27H,1-4,14-15,17-18,20-21,34H2,(H,35,40)(H,36,41)(H,37,39);(H,6,7). The number of carbonyl (C=O) groups is 5. The van der Waals surface area contributed by atoms with Gasteiger partial charge in [0.05, 0.1) is 5.69 Å². The molecule has 4 amide bonds. The van der Waals surface area contributed by atoms with Crippen molar-refractivity contribution in [2.75, 3.05) is 30.3 Å². The molecule has 1 fully saturated rings. The van der Waals surface area contributed by atoms with E-state index in [0.717, 1.165) is 44.1 Å². The molecule has 3 aromatic rings. The largest absolute Gasteiger partial charge is 0.490 e. The third kappa shape index (κ3) is 11.1. The minimum Gasteiger partial charge on any atom is -0.482 e. The molecule has 266 valence electrons. The first kappa shape index (κ1) is 37.4. The molecule has 1 aliphatic heterocycles. The van der Waals surface area contributed by atoms with Gasteiger partial charge in [-0.05, 0) is 92.4 Å². The number of alkyl halides is 3. The molecule has 0 spiro atoms. The second-order valence-corrected chi connectivity index (χ2v) is 11.7. The summed E-state index contributed by atoms with van der Waals surface area (Å²) in [5.74, 6) is -3.00. The van der Waals surface area contributed by atoms with E-state index in [-0.39, 0.29) is 36.3 Å². The van der Waals surface area contributed by atoms with Gasteiger partial charge in [-0.15, -0.1) is 0 Å². The molecule has 5 rings (SSSR count). The molecule has 12 nitrogen and oxygen atoms in total. The van der Waals surface area contributed by atoms with Crippen molar-refractivity contribution in [3.63, 3.8) is 0 Å². The Kier molecular flexibility index (Phi) is 12.9. The molecular formula is C35H38F3N5O7. The summed E-state index contributed by atoms with van der Waals surface area (Å²) in [6.07, 6.45) is 0.826. The number of nitrogens with two attached hydrogens (primary N) is 1. The van der Waals surface area contributed by atoms with Crippen LogP contribution in [0.2, 0.25) is 0 Å². The monoisotopic (exact) mass is 697 g/mol. The smallest absolute Gasteiger partial charge is 0.482 e. The van der Waals surface area contributed by atoms with Crippen LogP contribution in [0, 0.1) is 0 Å². The Hall–Kier alpha value is -5.44. The lowest BCUT2D eigenvalue weighted by molar-refractivity contribution is -0.192. The lowest BCUT2D eigenvalue weighted by atomic mass is 10.1. The first-order valence-electron chi connectivity index (χ1n) is 16.0. The number of hydrogen-bond donors (Lipinski definition) is 5. The predicted octanol–water partition coefficient (Wildman–Crippen LogP) is 4.96. The normalized spacial score (nSPS) is 13.4. The van der Waals surface area contributed by atoms with Crippen molar-refractivity contribution >= 4 is 41.0 Å². The molecule has 2 aliphatic rings. The van der Waals surface area contributed by atoms with Crippen molar-refractivity contribution < 1.29 is 47.0 Å². The van der Waals surface area contributed by atoms with Crippen molar-refractivity contribution in [1.29, 1.82) is 0 Å². The maximum atomic E-state index is 13.4. The van der Waals surface area contributed by atoms with Crippen molar-refractivity contribution in [1.82, 2.24) is 10.2 Å². The summed E-state index contributed by atoms with van der Waals surface area (Å²) < 4.78 is 37.2. The van der Waals surface area contributed by atoms with E-state index >= 15 is 0 Å². The van der Waals surface area contributed by atoms with Crippen LogP contribution in [0.5, 0.6) is 5.75 Å². The summed E-state index contributed by atoms with van der Waals surface area (Å²) in [6.45, 7) is 1.65. The molecule has 6 N–H and O–H groups in total. The van der Waals surface area contributed by atoms with Crippen LogP contribution in [-0.4, -0.2) is 71.5 Å². The Labute approximate surface area is 286 Å². The number of carbonyl (C=O) groups excluding carboxylic acids is 4. The van der Waals surface area contributed by atoms with E-state index in [0.29, 0.717) is 53.4 Å². The topological polar surface area (TPSA) is 180 Å². The van der Waals surface area contributed by atoms with Gasteiger partial charge in [0.15, 0.2) is 6.61 Å². The van der Waals surface area contributed by atoms with Gasteiger partial charge in [0, 0.05) is 41.5 Å². The van der Waals surface area contributed by atoms with Crippen LogP contribution < -0.4 is 26.4 Å². The number of rotatable bonds is 13. The highest BCUT2D eigenvalue weighted by molar-refractivity contribution is 6.04. The Balaban J connectivity index is 0.000000727. The van der Waals surface area contributed by atoms with Gasteiger partial charge in [-0.1, -0.05) is 25.0 Å². The number of anilines is 2. The zero-order chi connectivity index (χ0) is 36.3. The van der Waals surface area contributed by atoms with E-state index in [1.807, 2.05) is 17.0 Å². The Morgan fingerprint density at radius 3 is 2.10 bits per heavy atom. The molecule has 1 saturated carbocycles. The van der Waals surface area contributed by atoms with Crippen LogP contribution in [0.1, 0.15) is 75.2 Å². The highest BCUT2D eigenvalue weighted by atomic mass is 19.4. The Bertz CT molecular complexity index is 1680. The van der Waals surface area contributed by atoms with Crippen LogP contribution >= 0.6 is 0 Å². The average Bonchev–Trinajstić information content (AvgIpc) is 3.94. The van der Waals surface area contributed by atoms with E-state index in [1.54, 1.807) is 54.6 Å². The number of fused-ring (bicyclic) bond motifs is 1. The number of halogens is 3. The first-order valence-corrected chi connectivity index (χ1v) is 16.0. The number of aliphatic carboxylic acids is 1. The summed E-state index contributed by atoms with van der Waals surface area (Å²) in [4.78, 5) is 60.9. The van der Waals surface area contributed by atoms with Crippen molar-refractivity contribution in [3.05, 3.63) is 89.0 Å². The number of hydrogen-bond acceptors (Lipinski definition) is 7. The van der Waals surface area contributed by atoms with Crippen LogP contribution in [0.4, 0.5) is 24.5 Å². The van der Waals surface area contributed by atoms with Gasteiger partial charge < -0.3 is 36.4 Å². The maximum Gasteiger partial charge on any atom is 0.490 e. The molecule has 15 heteroatoms. The highest BCUT2D eigenvalue weighted by Crippen LogP contribution is 2.33. The van der Waals surface area contributed by atoms with Crippen molar-refractivity contribution in [3.8, 4) is 5.75 Å². The van der Waals surface area contributed by atoms with E-state index in [9.17, 15) is 32.3 Å². The molecule has 1 heterocycles. The molecule has 0 aromatic heterocycles. The number of unbranched alkanes of at least 4 members (excludes halogenated alkanes) is 3. The lowest BCUT2D eigenvalue weighted by Gasteiger charge is -2.24. The van der Waals surface area contributed by atoms with Crippen molar-refractivity contribution in [2.45, 2.75) is 57.3 Å². The number of amides is 4. The highest BCUT2D eigenvalue weighted by Gasteiger charge is 2.38. The van der Waals surface area contributed by atoms with Crippen LogP contribution in [0.3, 0.4) is 0 Å². The van der Waals surface area contributed by atoms with Crippen molar-refractivity contribution in [2.24, 2.45) is 5.73 Å². The molecule has 0 bridgehead atoms. The SMILES string of the molecule is NCCCCCCNC(=O)c1ccc(NC(=O)c2ccc(CN(C(=O)c3ccc4c(c3)OCC(=O)N4)C3CC3)cc2)cc1.O=C(O)C(F)(F)F. The fourth-order valence-electron chi connectivity index (χ4n) is 4.92. The van der Waals surface area contributed by atoms with Crippen LogP contribution in [0.25, 0.3) is 0 Å². The van der Waals surface area contributed by atoms with E-state index in [4.69, 9.17) is 20.4 Å². The van der Waals surface area contributed by atoms with Gasteiger partial charge in [0.25, 0.3) is 23.6 Å². The predicted molar refractivity (Wildman–Crippen MR) is 178 cm³/mol. The second kappa shape index (κ2) is 17.3. The maximum absolute atomic E-state index is 13.4. The Morgan fingerprint density at radius 1 is 0.880 bits per heavy atom. The van der Waals surface area contributed by atoms with E-state index in [2.05, 4.69) is 16.0 Å². The second-order valence-electron chi connectivity index (χ2n) is 11.7. The summed E-state index contributed by atoms with van der Waals surface area (Å²) in [5.41, 5.74) is 9.08. The fraction of sp³-hybridized carbons (Fsp3) is 0.343. The summed E-state index contributed by atoms with van der Waals surface area (Å²) in [5, 5.41) is 15.7. The quantitative estimate of drug-likeness (QED) is 0.156. The Morgan fingerprint density at radius 2 is 1.48 bits per heavy atom. The lowest BCUT2D eigenvalue weighted by Crippen LogP contribution is -2.33. The molecule has 3 aromatic carbocycles. The molecule has 0 unspecified atom stereocenters. The van der Waals surface area contributed by atoms with Gasteiger partial charge in [0.1, 0.15) is 5.75 Å². The number of benzene rings is 3. The zero-order valence-corrected chi connectivity index (χ0v) is 27.1. The minimum absolute atomic E-state index is 0.0735. The summed E-state index contributed by atoms with van der Waals surface area (Å²) in [6, 6.07) is 19.2. The number of nitrogens with one attached hydrogen (secondary N) is 3. The van der Waals surface area contributed by atoms with Gasteiger partial charge in [-0.25, -0.2) is 4.79 Å². The summed E-state index contributed by atoms with van der Waals surface area (Å²) in [7, 11) is 0. The summed E-state index contributed by atoms with van der Waals surface area (Å²) >= 11 is 0. The number of nitrogens with zero attached hydrogens (tertiary/aromatic N) is 1. The third-order valence-corrected chi connectivity index (χ3v) is 7.74. The fourth-order valence-corrected chi connectivity index (χ4v) is 4.92. The molecule has 0 radical (unpaired) electrons. The number of carboxylic acid groups (broad SMARTS) is 1. The van der Waals surface area contributed by atoms with Gasteiger partial charge in [-0.3, -0.25) is 19.2 Å². The van der Waals surface area contributed by atoms with Gasteiger partial charge in [0.2, 0.25) is 0 Å². The van der Waals surface area contributed by atoms with E-state index < -0.39 is 12.1 Å². The first-order chi connectivity index (χ1) is 23.8. The number of carboxylic acids is 1. The molecule has 50 heavy (non-hydrogen) atoms. The van der Waals surface area contributed by atoms with Crippen LogP contribution in [0.15, 0.2) is 66.7 Å². The molecular weight excluding hydrogens is 659 g/mol. The molecule has 1 aliphatic carbocycles. The average molecular weight is 698 g/mol. The minimum atomic E-state index is -5.08. The number of ether oxygens (including phenoxy) is 1. The molecule has 0 saturated heterocycles. The zero-order valence-electron chi connectivity index (χ0n) is 27.1.